The van der Waals surface area contributed by atoms with Gasteiger partial charge in [0.25, 0.3) is 0 Å². The molecular formula is C38H37NO4. The summed E-state index contributed by atoms with van der Waals surface area (Å²) in [6, 6.07) is 45.5. The molecule has 0 bridgehead atoms. The molecule has 0 aliphatic carbocycles. The second-order valence-electron chi connectivity index (χ2n) is 10.1. The second-order valence-corrected chi connectivity index (χ2v) is 10.1. The summed E-state index contributed by atoms with van der Waals surface area (Å²) in [4.78, 5) is 2.25. The highest BCUT2D eigenvalue weighted by molar-refractivity contribution is 5.92. The molecule has 0 atom stereocenters. The van der Waals surface area contributed by atoms with Gasteiger partial charge in [-0.05, 0) is 89.0 Å². The summed E-state index contributed by atoms with van der Waals surface area (Å²) >= 11 is 0. The van der Waals surface area contributed by atoms with Gasteiger partial charge in [0.2, 0.25) is 0 Å². The molecule has 5 aromatic carbocycles. The smallest absolute Gasteiger partial charge is 0.119 e. The third-order valence-corrected chi connectivity index (χ3v) is 6.96. The molecule has 0 saturated heterocycles. The molecule has 0 amide bonds. The van der Waals surface area contributed by atoms with Gasteiger partial charge in [-0.1, -0.05) is 72.8 Å². The molecule has 5 heteroatoms. The lowest BCUT2D eigenvalue weighted by molar-refractivity contribution is 0.233. The molecule has 43 heavy (non-hydrogen) atoms. The van der Waals surface area contributed by atoms with Crippen molar-refractivity contribution in [2.75, 3.05) is 31.3 Å². The number of aliphatic hydroxyl groups is 2. The number of aliphatic hydroxyl groups excluding tert-OH is 2. The zero-order valence-corrected chi connectivity index (χ0v) is 24.2. The van der Waals surface area contributed by atoms with Gasteiger partial charge in [0, 0.05) is 43.1 Å². The molecule has 0 aliphatic rings. The SMILES string of the molecule is OCCCOc1ccc(C(=Cc2ccc(N(c3ccccc3)c3ccccc3)cc2)c2ccc(OCCCO)cc2)cc1. The first-order valence-corrected chi connectivity index (χ1v) is 14.7. The molecule has 0 unspecified atom stereocenters. The molecule has 0 radical (unpaired) electrons. The number of anilines is 3. The minimum absolute atomic E-state index is 0.109. The van der Waals surface area contributed by atoms with Crippen molar-refractivity contribution in [3.63, 3.8) is 0 Å². The van der Waals surface area contributed by atoms with E-state index in [1.165, 1.54) is 0 Å². The van der Waals surface area contributed by atoms with Gasteiger partial charge in [-0.15, -0.1) is 0 Å². The van der Waals surface area contributed by atoms with Crippen LogP contribution in [0.2, 0.25) is 0 Å². The molecule has 0 aromatic heterocycles. The van der Waals surface area contributed by atoms with Crippen LogP contribution in [0.25, 0.3) is 11.6 Å². The van der Waals surface area contributed by atoms with Crippen molar-refractivity contribution in [2.24, 2.45) is 0 Å². The Bertz CT molecular complexity index is 1450. The maximum absolute atomic E-state index is 9.06. The van der Waals surface area contributed by atoms with Gasteiger partial charge in [-0.25, -0.2) is 0 Å². The standard InChI is InChI=1S/C38H37NO4/c40-25-7-27-42-36-21-15-31(16-22-36)38(32-17-23-37(24-18-32)43-28-8-26-41)29-30-13-19-35(20-14-30)39(33-9-3-1-4-10-33)34-11-5-2-6-12-34/h1-6,9-24,29,40-41H,7-8,25-28H2. The number of rotatable bonds is 14. The zero-order valence-electron chi connectivity index (χ0n) is 24.2. The highest BCUT2D eigenvalue weighted by atomic mass is 16.5. The van der Waals surface area contributed by atoms with Crippen LogP contribution in [0.4, 0.5) is 17.1 Å². The lowest BCUT2D eigenvalue weighted by Crippen LogP contribution is -2.09. The molecule has 218 valence electrons. The molecule has 2 N–H and O–H groups in total. The van der Waals surface area contributed by atoms with E-state index in [-0.39, 0.29) is 13.2 Å². The number of ether oxygens (including phenoxy) is 2. The van der Waals surface area contributed by atoms with Crippen LogP contribution < -0.4 is 14.4 Å². The van der Waals surface area contributed by atoms with E-state index < -0.39 is 0 Å². The minimum Gasteiger partial charge on any atom is -0.494 e. The van der Waals surface area contributed by atoms with Crippen molar-refractivity contribution in [2.45, 2.75) is 12.8 Å². The molecule has 0 fully saturated rings. The summed E-state index contributed by atoms with van der Waals surface area (Å²) in [7, 11) is 0. The van der Waals surface area contributed by atoms with Gasteiger partial charge in [-0.3, -0.25) is 0 Å². The van der Waals surface area contributed by atoms with E-state index >= 15 is 0 Å². The van der Waals surface area contributed by atoms with Gasteiger partial charge < -0.3 is 24.6 Å². The van der Waals surface area contributed by atoms with Crippen LogP contribution in [0.5, 0.6) is 11.5 Å². The predicted octanol–water partition coefficient (Wildman–Crippen LogP) is 8.27. The molecule has 5 rings (SSSR count). The number of nitrogens with zero attached hydrogens (tertiary/aromatic N) is 1. The van der Waals surface area contributed by atoms with Crippen molar-refractivity contribution in [1.82, 2.24) is 0 Å². The number of para-hydroxylation sites is 2. The van der Waals surface area contributed by atoms with Gasteiger partial charge in [0.05, 0.1) is 13.2 Å². The summed E-state index contributed by atoms with van der Waals surface area (Å²) in [5.74, 6) is 1.55. The quantitative estimate of drug-likeness (QED) is 0.104. The predicted molar refractivity (Wildman–Crippen MR) is 175 cm³/mol. The first kappa shape index (κ1) is 29.6. The summed E-state index contributed by atoms with van der Waals surface area (Å²) in [5.41, 5.74) is 7.53. The Balaban J connectivity index is 1.47. The highest BCUT2D eigenvalue weighted by Gasteiger charge is 2.12. The largest absolute Gasteiger partial charge is 0.494 e. The van der Waals surface area contributed by atoms with E-state index in [4.69, 9.17) is 19.7 Å². The van der Waals surface area contributed by atoms with E-state index in [0.29, 0.717) is 26.1 Å². The van der Waals surface area contributed by atoms with E-state index in [9.17, 15) is 0 Å². The fraction of sp³-hybridized carbons (Fsp3) is 0.158. The van der Waals surface area contributed by atoms with Crippen molar-refractivity contribution in [1.29, 1.82) is 0 Å². The summed E-state index contributed by atoms with van der Waals surface area (Å²) in [6.45, 7) is 1.17. The van der Waals surface area contributed by atoms with Crippen molar-refractivity contribution >= 4 is 28.7 Å². The van der Waals surface area contributed by atoms with Crippen LogP contribution >= 0.6 is 0 Å². The lowest BCUT2D eigenvalue weighted by Gasteiger charge is -2.25. The lowest BCUT2D eigenvalue weighted by atomic mass is 9.95. The van der Waals surface area contributed by atoms with Crippen LogP contribution in [0, 0.1) is 0 Å². The van der Waals surface area contributed by atoms with E-state index in [1.807, 2.05) is 36.4 Å². The molecule has 0 spiro atoms. The van der Waals surface area contributed by atoms with E-state index in [1.54, 1.807) is 0 Å². The van der Waals surface area contributed by atoms with Crippen LogP contribution in [0.1, 0.15) is 29.5 Å². The first-order valence-electron chi connectivity index (χ1n) is 14.7. The van der Waals surface area contributed by atoms with Gasteiger partial charge in [0.15, 0.2) is 0 Å². The van der Waals surface area contributed by atoms with E-state index in [0.717, 1.165) is 50.8 Å². The minimum atomic E-state index is 0.109. The normalized spacial score (nSPS) is 10.7. The average molecular weight is 572 g/mol. The highest BCUT2D eigenvalue weighted by Crippen LogP contribution is 2.35. The van der Waals surface area contributed by atoms with Crippen LogP contribution in [-0.2, 0) is 0 Å². The summed E-state index contributed by atoms with van der Waals surface area (Å²) < 4.78 is 11.5. The summed E-state index contributed by atoms with van der Waals surface area (Å²) in [5, 5.41) is 18.1. The van der Waals surface area contributed by atoms with Gasteiger partial charge >= 0.3 is 0 Å². The van der Waals surface area contributed by atoms with Gasteiger partial charge in [0.1, 0.15) is 11.5 Å². The Morgan fingerprint density at radius 3 is 1.35 bits per heavy atom. The Morgan fingerprint density at radius 1 is 0.512 bits per heavy atom. The van der Waals surface area contributed by atoms with Crippen molar-refractivity contribution < 1.29 is 19.7 Å². The number of hydrogen-bond acceptors (Lipinski definition) is 5. The third kappa shape index (κ3) is 8.13. The second kappa shape index (κ2) is 15.4. The maximum atomic E-state index is 9.06. The summed E-state index contributed by atoms with van der Waals surface area (Å²) in [6.07, 6.45) is 3.39. The Morgan fingerprint density at radius 2 is 0.930 bits per heavy atom. The average Bonchev–Trinajstić information content (AvgIpc) is 3.07. The monoisotopic (exact) mass is 571 g/mol. The Hall–Kier alpha value is -4.84. The fourth-order valence-electron chi connectivity index (χ4n) is 4.79. The van der Waals surface area contributed by atoms with Crippen LogP contribution in [-0.4, -0.2) is 36.6 Å². The first-order chi connectivity index (χ1) is 21.2. The van der Waals surface area contributed by atoms with Crippen LogP contribution in [0.3, 0.4) is 0 Å². The Kier molecular flexibility index (Phi) is 10.6. The molecular weight excluding hydrogens is 534 g/mol. The Labute approximate surface area is 253 Å². The molecule has 0 aliphatic heterocycles. The van der Waals surface area contributed by atoms with Crippen LogP contribution in [0.15, 0.2) is 133 Å². The fourth-order valence-corrected chi connectivity index (χ4v) is 4.79. The molecule has 5 aromatic rings. The molecule has 0 heterocycles. The third-order valence-electron chi connectivity index (χ3n) is 6.96. The van der Waals surface area contributed by atoms with Crippen molar-refractivity contribution in [3.05, 3.63) is 150 Å². The topological polar surface area (TPSA) is 62.2 Å². The van der Waals surface area contributed by atoms with E-state index in [2.05, 4.69) is 108 Å². The number of hydrogen-bond donors (Lipinski definition) is 2. The van der Waals surface area contributed by atoms with Crippen molar-refractivity contribution in [3.8, 4) is 11.5 Å². The molecule has 5 nitrogen and oxygen atoms in total. The van der Waals surface area contributed by atoms with Gasteiger partial charge in [-0.2, -0.15) is 0 Å². The zero-order chi connectivity index (χ0) is 29.7. The maximum Gasteiger partial charge on any atom is 0.119 e. The molecule has 0 saturated carbocycles. The number of benzene rings is 5.